The maximum atomic E-state index is 13.5. The molecule has 0 radical (unpaired) electrons. The fourth-order valence-corrected chi connectivity index (χ4v) is 2.48. The van der Waals surface area contributed by atoms with Gasteiger partial charge in [-0.15, -0.1) is 0 Å². The molecule has 1 aromatic carbocycles. The molecule has 0 aromatic heterocycles. The Balaban J connectivity index is 1.92. The molecular formula is C15H18FNO3. The average molecular weight is 279 g/mol. The number of ketones is 1. The number of hydrogen-bond donors (Lipinski definition) is 1. The molecule has 0 heterocycles. The number of nitrogens with two attached hydrogens (primary N) is 1. The van der Waals surface area contributed by atoms with Crippen molar-refractivity contribution in [3.8, 4) is 5.75 Å². The largest absolute Gasteiger partial charge is 0.486 e. The standard InChI is InChI=1S/C15H18FNO3/c16-13-8-11(6-7-12(13)15(17)19)20-9-14(18)10-4-2-1-3-5-10/h6-8,10H,1-5,9H2,(H2,17,19). The van der Waals surface area contributed by atoms with E-state index in [1.54, 1.807) is 0 Å². The lowest BCUT2D eigenvalue weighted by Gasteiger charge is -2.20. The van der Waals surface area contributed by atoms with E-state index in [1.807, 2.05) is 0 Å². The maximum absolute atomic E-state index is 13.5. The third kappa shape index (κ3) is 3.56. The zero-order valence-electron chi connectivity index (χ0n) is 11.2. The van der Waals surface area contributed by atoms with Gasteiger partial charge in [-0.2, -0.15) is 0 Å². The van der Waals surface area contributed by atoms with Gasteiger partial charge in [0.15, 0.2) is 5.78 Å². The molecule has 1 saturated carbocycles. The quantitative estimate of drug-likeness (QED) is 0.900. The van der Waals surface area contributed by atoms with Gasteiger partial charge < -0.3 is 10.5 Å². The summed E-state index contributed by atoms with van der Waals surface area (Å²) in [4.78, 5) is 22.8. The van der Waals surface area contributed by atoms with Crippen LogP contribution in [0.3, 0.4) is 0 Å². The Hall–Kier alpha value is -1.91. The van der Waals surface area contributed by atoms with Crippen molar-refractivity contribution in [1.29, 1.82) is 0 Å². The number of carbonyl (C=O) groups is 2. The minimum atomic E-state index is -0.827. The van der Waals surface area contributed by atoms with Crippen molar-refractivity contribution in [2.45, 2.75) is 32.1 Å². The third-order valence-electron chi connectivity index (χ3n) is 3.65. The van der Waals surface area contributed by atoms with Crippen LogP contribution in [0.2, 0.25) is 0 Å². The number of amides is 1. The third-order valence-corrected chi connectivity index (χ3v) is 3.65. The Kier molecular flexibility index (Phi) is 4.71. The second-order valence-corrected chi connectivity index (χ2v) is 5.10. The molecule has 0 unspecified atom stereocenters. The fraction of sp³-hybridized carbons (Fsp3) is 0.467. The zero-order chi connectivity index (χ0) is 14.5. The highest BCUT2D eigenvalue weighted by Crippen LogP contribution is 2.25. The highest BCUT2D eigenvalue weighted by atomic mass is 19.1. The first-order chi connectivity index (χ1) is 9.58. The Morgan fingerprint density at radius 2 is 1.95 bits per heavy atom. The summed E-state index contributed by atoms with van der Waals surface area (Å²) in [5.74, 6) is -1.20. The SMILES string of the molecule is NC(=O)c1ccc(OCC(=O)C2CCCCC2)cc1F. The first kappa shape index (κ1) is 14.5. The van der Waals surface area contributed by atoms with Gasteiger partial charge in [0.2, 0.25) is 0 Å². The van der Waals surface area contributed by atoms with Crippen molar-refractivity contribution in [2.24, 2.45) is 11.7 Å². The topological polar surface area (TPSA) is 69.4 Å². The molecule has 1 aliphatic carbocycles. The summed E-state index contributed by atoms with van der Waals surface area (Å²) >= 11 is 0. The Morgan fingerprint density at radius 1 is 1.25 bits per heavy atom. The van der Waals surface area contributed by atoms with Gasteiger partial charge in [-0.1, -0.05) is 19.3 Å². The van der Waals surface area contributed by atoms with Crippen LogP contribution in [0, 0.1) is 11.7 Å². The highest BCUT2D eigenvalue weighted by Gasteiger charge is 2.21. The van der Waals surface area contributed by atoms with Gasteiger partial charge in [0.05, 0.1) is 5.56 Å². The summed E-state index contributed by atoms with van der Waals surface area (Å²) in [5.41, 5.74) is 4.83. The molecule has 2 N–H and O–H groups in total. The van der Waals surface area contributed by atoms with E-state index in [0.717, 1.165) is 31.7 Å². The van der Waals surface area contributed by atoms with E-state index in [9.17, 15) is 14.0 Å². The first-order valence-electron chi connectivity index (χ1n) is 6.83. The second-order valence-electron chi connectivity index (χ2n) is 5.10. The summed E-state index contributed by atoms with van der Waals surface area (Å²) in [6, 6.07) is 3.78. The van der Waals surface area contributed by atoms with Crippen LogP contribution < -0.4 is 10.5 Å². The molecule has 108 valence electrons. The first-order valence-corrected chi connectivity index (χ1v) is 6.83. The number of Topliss-reactive ketones (excluding diaryl/α,β-unsaturated/α-hetero) is 1. The van der Waals surface area contributed by atoms with Gasteiger partial charge in [-0.05, 0) is 25.0 Å². The van der Waals surface area contributed by atoms with Gasteiger partial charge >= 0.3 is 0 Å². The van der Waals surface area contributed by atoms with Gasteiger partial charge in [0, 0.05) is 12.0 Å². The van der Waals surface area contributed by atoms with E-state index in [2.05, 4.69) is 0 Å². The van der Waals surface area contributed by atoms with Crippen LogP contribution in [-0.4, -0.2) is 18.3 Å². The summed E-state index contributed by atoms with van der Waals surface area (Å²) < 4.78 is 18.8. The minimum Gasteiger partial charge on any atom is -0.486 e. The predicted octanol–water partition coefficient (Wildman–Crippen LogP) is 2.45. The minimum absolute atomic E-state index is 0.0555. The number of primary amides is 1. The molecule has 5 heteroatoms. The molecule has 0 atom stereocenters. The summed E-state index contributed by atoms with van der Waals surface area (Å²) in [6.07, 6.45) is 5.18. The lowest BCUT2D eigenvalue weighted by Crippen LogP contribution is -2.23. The van der Waals surface area contributed by atoms with Crippen molar-refractivity contribution >= 4 is 11.7 Å². The van der Waals surface area contributed by atoms with Crippen LogP contribution in [0.1, 0.15) is 42.5 Å². The molecule has 0 bridgehead atoms. The predicted molar refractivity (Wildman–Crippen MR) is 72.0 cm³/mol. The smallest absolute Gasteiger partial charge is 0.251 e. The van der Waals surface area contributed by atoms with E-state index in [-0.39, 0.29) is 29.6 Å². The number of benzene rings is 1. The zero-order valence-corrected chi connectivity index (χ0v) is 11.2. The summed E-state index contributed by atoms with van der Waals surface area (Å²) in [5, 5.41) is 0. The van der Waals surface area contributed by atoms with Crippen molar-refractivity contribution in [3.63, 3.8) is 0 Å². The number of ether oxygens (including phenoxy) is 1. The fourth-order valence-electron chi connectivity index (χ4n) is 2.48. The van der Waals surface area contributed by atoms with Gasteiger partial charge in [-0.25, -0.2) is 4.39 Å². The Morgan fingerprint density at radius 3 is 2.55 bits per heavy atom. The lowest BCUT2D eigenvalue weighted by molar-refractivity contribution is -0.125. The molecule has 0 saturated heterocycles. The van der Waals surface area contributed by atoms with E-state index < -0.39 is 11.7 Å². The maximum Gasteiger partial charge on any atom is 0.251 e. The van der Waals surface area contributed by atoms with E-state index in [4.69, 9.17) is 10.5 Å². The van der Waals surface area contributed by atoms with Crippen molar-refractivity contribution in [3.05, 3.63) is 29.6 Å². The van der Waals surface area contributed by atoms with Crippen LogP contribution in [0.25, 0.3) is 0 Å². The number of carbonyl (C=O) groups excluding carboxylic acids is 2. The van der Waals surface area contributed by atoms with E-state index in [0.29, 0.717) is 0 Å². The lowest BCUT2D eigenvalue weighted by atomic mass is 9.86. The molecule has 2 rings (SSSR count). The van der Waals surface area contributed by atoms with Crippen LogP contribution in [0.5, 0.6) is 5.75 Å². The number of rotatable bonds is 5. The molecule has 1 fully saturated rings. The molecule has 0 spiro atoms. The molecule has 4 nitrogen and oxygen atoms in total. The molecule has 1 amide bonds. The summed E-state index contributed by atoms with van der Waals surface area (Å²) in [7, 11) is 0. The molecule has 1 aromatic rings. The highest BCUT2D eigenvalue weighted by molar-refractivity contribution is 5.93. The monoisotopic (exact) mass is 279 g/mol. The number of hydrogen-bond acceptors (Lipinski definition) is 3. The van der Waals surface area contributed by atoms with Crippen LogP contribution in [0.15, 0.2) is 18.2 Å². The molecule has 1 aliphatic rings. The van der Waals surface area contributed by atoms with Gasteiger partial charge in [0.25, 0.3) is 5.91 Å². The van der Waals surface area contributed by atoms with Crippen molar-refractivity contribution in [1.82, 2.24) is 0 Å². The second kappa shape index (κ2) is 6.50. The molecule has 0 aliphatic heterocycles. The normalized spacial score (nSPS) is 15.8. The number of halogens is 1. The van der Waals surface area contributed by atoms with Gasteiger partial charge in [-0.3, -0.25) is 9.59 Å². The average Bonchev–Trinajstić information content (AvgIpc) is 2.45. The molecular weight excluding hydrogens is 261 g/mol. The van der Waals surface area contributed by atoms with Crippen LogP contribution in [0.4, 0.5) is 4.39 Å². The van der Waals surface area contributed by atoms with Crippen molar-refractivity contribution in [2.75, 3.05) is 6.61 Å². The summed E-state index contributed by atoms with van der Waals surface area (Å²) in [6.45, 7) is -0.0555. The van der Waals surface area contributed by atoms with Gasteiger partial charge in [0.1, 0.15) is 18.2 Å². The van der Waals surface area contributed by atoms with E-state index in [1.165, 1.54) is 18.6 Å². The Labute approximate surface area is 117 Å². The van der Waals surface area contributed by atoms with Crippen LogP contribution >= 0.6 is 0 Å². The van der Waals surface area contributed by atoms with E-state index >= 15 is 0 Å². The molecule has 20 heavy (non-hydrogen) atoms. The van der Waals surface area contributed by atoms with Crippen LogP contribution in [-0.2, 0) is 4.79 Å². The van der Waals surface area contributed by atoms with Crippen molar-refractivity contribution < 1.29 is 18.7 Å². The Bertz CT molecular complexity index is 510.